The fraction of sp³-hybridized carbons (Fsp3) is 0.421. The largest absolute Gasteiger partial charge is 0.288 e. The fourth-order valence-corrected chi connectivity index (χ4v) is 4.25. The van der Waals surface area contributed by atoms with Gasteiger partial charge < -0.3 is 0 Å². The first-order chi connectivity index (χ1) is 12.5. The Labute approximate surface area is 162 Å². The molecule has 1 atom stereocenters. The van der Waals surface area contributed by atoms with E-state index in [1.54, 1.807) is 18.2 Å². The van der Waals surface area contributed by atoms with Crippen molar-refractivity contribution in [3.63, 3.8) is 0 Å². The third-order valence-corrected chi connectivity index (χ3v) is 5.50. The molecule has 5 nitrogen and oxygen atoms in total. The molecule has 1 unspecified atom stereocenters. The molecular weight excluding hydrogens is 371 g/mol. The Balaban J connectivity index is 1.75. The summed E-state index contributed by atoms with van der Waals surface area (Å²) in [6.45, 7) is 2.07. The predicted octanol–water partition coefficient (Wildman–Crippen LogP) is 4.60. The second kappa shape index (κ2) is 7.05. The van der Waals surface area contributed by atoms with Crippen LogP contribution in [0.15, 0.2) is 28.1 Å². The minimum absolute atomic E-state index is 0.107. The predicted molar refractivity (Wildman–Crippen MR) is 106 cm³/mol. The molecule has 2 aromatic rings. The Kier molecular flexibility index (Phi) is 4.76. The number of rotatable bonds is 2. The van der Waals surface area contributed by atoms with Crippen LogP contribution in [0.25, 0.3) is 0 Å². The molecule has 1 aliphatic carbocycles. The molecular formula is C19H20Cl2N4O. The van der Waals surface area contributed by atoms with Crippen LogP contribution in [0.2, 0.25) is 10.0 Å². The van der Waals surface area contributed by atoms with E-state index < -0.39 is 0 Å². The van der Waals surface area contributed by atoms with E-state index in [1.165, 1.54) is 0 Å². The van der Waals surface area contributed by atoms with Crippen molar-refractivity contribution >= 4 is 34.6 Å². The zero-order chi connectivity index (χ0) is 18.3. The number of nitrogens with one attached hydrogen (secondary N) is 1. The number of aromatic nitrogens is 2. The molecule has 1 aromatic carbocycles. The second-order valence-electron chi connectivity index (χ2n) is 6.96. The number of anilines is 1. The number of hydrogen-bond acceptors (Lipinski definition) is 4. The lowest BCUT2D eigenvalue weighted by Gasteiger charge is -2.28. The average molecular weight is 391 g/mol. The summed E-state index contributed by atoms with van der Waals surface area (Å²) in [5.74, 6) is 0.690. The molecule has 1 N–H and O–H groups in total. The van der Waals surface area contributed by atoms with Crippen molar-refractivity contribution in [3.05, 3.63) is 55.7 Å². The highest BCUT2D eigenvalue weighted by molar-refractivity contribution is 6.35. The molecule has 2 aliphatic rings. The summed E-state index contributed by atoms with van der Waals surface area (Å²) in [4.78, 5) is 17.8. The van der Waals surface area contributed by atoms with Gasteiger partial charge in [-0.1, -0.05) is 23.2 Å². The first-order valence-corrected chi connectivity index (χ1v) is 9.72. The van der Waals surface area contributed by atoms with E-state index in [9.17, 15) is 4.79 Å². The molecule has 0 amide bonds. The van der Waals surface area contributed by atoms with Crippen LogP contribution in [0.3, 0.4) is 0 Å². The number of hydrogen-bond donors (Lipinski definition) is 1. The summed E-state index contributed by atoms with van der Waals surface area (Å²) < 4.78 is 1.82. The molecule has 1 aliphatic heterocycles. The fourth-order valence-electron chi connectivity index (χ4n) is 3.72. The van der Waals surface area contributed by atoms with Crippen LogP contribution in [0.1, 0.15) is 55.7 Å². The molecule has 0 saturated heterocycles. The molecule has 0 bridgehead atoms. The van der Waals surface area contributed by atoms with Crippen molar-refractivity contribution in [2.24, 2.45) is 5.10 Å². The quantitative estimate of drug-likeness (QED) is 0.762. The second-order valence-corrected chi connectivity index (χ2v) is 7.83. The maximum absolute atomic E-state index is 13.0. The number of fused-ring (bicyclic) bond motifs is 2. The zero-order valence-corrected chi connectivity index (χ0v) is 16.1. The van der Waals surface area contributed by atoms with Crippen LogP contribution in [0, 0.1) is 0 Å². The lowest BCUT2D eigenvalue weighted by molar-refractivity contribution is 0.460. The number of benzene rings is 1. The third-order valence-electron chi connectivity index (χ3n) is 5.07. The van der Waals surface area contributed by atoms with Gasteiger partial charge in [0.1, 0.15) is 5.71 Å². The standard InChI is InChI=1S/C19H20Cl2N4O/c1-11-6-7-17(24-23-14-9-12(20)8-13(21)10-14)18-22-16-5-3-2-4-15(16)19(26)25(11)18/h8-11,23H,2-7H2,1H3. The molecule has 0 radical (unpaired) electrons. The highest BCUT2D eigenvalue weighted by atomic mass is 35.5. The van der Waals surface area contributed by atoms with Crippen LogP contribution in [0.5, 0.6) is 0 Å². The molecule has 0 fully saturated rings. The van der Waals surface area contributed by atoms with Crippen molar-refractivity contribution in [1.29, 1.82) is 0 Å². The Morgan fingerprint density at radius 1 is 1.15 bits per heavy atom. The number of aryl methyl sites for hydroxylation is 1. The van der Waals surface area contributed by atoms with E-state index in [0.717, 1.165) is 55.5 Å². The third kappa shape index (κ3) is 3.26. The van der Waals surface area contributed by atoms with E-state index in [-0.39, 0.29) is 11.6 Å². The van der Waals surface area contributed by atoms with Gasteiger partial charge in [0.2, 0.25) is 0 Å². The Morgan fingerprint density at radius 3 is 2.65 bits per heavy atom. The van der Waals surface area contributed by atoms with Crippen LogP contribution >= 0.6 is 23.2 Å². The van der Waals surface area contributed by atoms with E-state index in [1.807, 2.05) is 4.57 Å². The van der Waals surface area contributed by atoms with Crippen LogP contribution in [-0.2, 0) is 12.8 Å². The van der Waals surface area contributed by atoms with E-state index in [2.05, 4.69) is 17.5 Å². The van der Waals surface area contributed by atoms with Crippen LogP contribution in [0.4, 0.5) is 5.69 Å². The van der Waals surface area contributed by atoms with Gasteiger partial charge in [-0.05, 0) is 63.6 Å². The van der Waals surface area contributed by atoms with Crippen molar-refractivity contribution in [2.75, 3.05) is 5.43 Å². The maximum Gasteiger partial charge on any atom is 0.257 e. The van der Waals surface area contributed by atoms with Crippen molar-refractivity contribution in [1.82, 2.24) is 9.55 Å². The molecule has 136 valence electrons. The van der Waals surface area contributed by atoms with E-state index in [4.69, 9.17) is 28.2 Å². The monoisotopic (exact) mass is 390 g/mol. The Bertz CT molecular complexity index is 931. The summed E-state index contributed by atoms with van der Waals surface area (Å²) in [6, 6.07) is 5.33. The van der Waals surface area contributed by atoms with Crippen LogP contribution in [-0.4, -0.2) is 15.3 Å². The first kappa shape index (κ1) is 17.6. The van der Waals surface area contributed by atoms with E-state index in [0.29, 0.717) is 21.6 Å². The van der Waals surface area contributed by atoms with Gasteiger partial charge in [-0.25, -0.2) is 4.98 Å². The minimum Gasteiger partial charge on any atom is -0.288 e. The average Bonchev–Trinajstić information content (AvgIpc) is 2.60. The lowest BCUT2D eigenvalue weighted by atomic mass is 9.95. The molecule has 0 saturated carbocycles. The minimum atomic E-state index is 0.107. The SMILES string of the molecule is CC1CCC(=NNc2cc(Cl)cc(Cl)c2)c2nc3c(c(=O)n21)CCCC3. The topological polar surface area (TPSA) is 59.3 Å². The summed E-state index contributed by atoms with van der Waals surface area (Å²) in [5, 5.41) is 5.61. The molecule has 0 spiro atoms. The Morgan fingerprint density at radius 2 is 1.88 bits per heavy atom. The van der Waals surface area contributed by atoms with E-state index >= 15 is 0 Å². The van der Waals surface area contributed by atoms with Crippen LogP contribution < -0.4 is 11.0 Å². The highest BCUT2D eigenvalue weighted by Gasteiger charge is 2.28. The zero-order valence-electron chi connectivity index (χ0n) is 14.6. The van der Waals surface area contributed by atoms with Gasteiger partial charge >= 0.3 is 0 Å². The summed E-state index contributed by atoms with van der Waals surface area (Å²) in [7, 11) is 0. The number of nitrogens with zero attached hydrogens (tertiary/aromatic N) is 3. The van der Waals surface area contributed by atoms with Gasteiger partial charge in [0, 0.05) is 21.7 Å². The van der Waals surface area contributed by atoms with Gasteiger partial charge in [0.25, 0.3) is 5.56 Å². The molecule has 2 heterocycles. The van der Waals surface area contributed by atoms with Crippen molar-refractivity contribution in [2.45, 2.75) is 51.5 Å². The summed E-state index contributed by atoms with van der Waals surface area (Å²) >= 11 is 12.1. The highest BCUT2D eigenvalue weighted by Crippen LogP contribution is 2.26. The van der Waals surface area contributed by atoms with Crippen molar-refractivity contribution in [3.8, 4) is 0 Å². The molecule has 26 heavy (non-hydrogen) atoms. The van der Waals surface area contributed by atoms with Gasteiger partial charge in [-0.2, -0.15) is 5.10 Å². The maximum atomic E-state index is 13.0. The van der Waals surface area contributed by atoms with Gasteiger partial charge in [0.15, 0.2) is 5.82 Å². The molecule has 7 heteroatoms. The van der Waals surface area contributed by atoms with Gasteiger partial charge in [0.05, 0.1) is 11.4 Å². The lowest BCUT2D eigenvalue weighted by Crippen LogP contribution is -2.38. The first-order valence-electron chi connectivity index (χ1n) is 8.96. The van der Waals surface area contributed by atoms with Gasteiger partial charge in [-0.3, -0.25) is 14.8 Å². The Hall–Kier alpha value is -1.85. The van der Waals surface area contributed by atoms with Crippen molar-refractivity contribution < 1.29 is 0 Å². The molecule has 4 rings (SSSR count). The summed E-state index contributed by atoms with van der Waals surface area (Å²) in [6.07, 6.45) is 5.50. The van der Waals surface area contributed by atoms with Gasteiger partial charge in [-0.15, -0.1) is 0 Å². The number of hydrazone groups is 1. The molecule has 1 aromatic heterocycles. The smallest absolute Gasteiger partial charge is 0.257 e. The number of halogens is 2. The summed E-state index contributed by atoms with van der Waals surface area (Å²) in [5.41, 5.74) is 6.46. The normalized spacial score (nSPS) is 20.6.